The number of likely N-dealkylation sites (tertiary alicyclic amines) is 1. The van der Waals surface area contributed by atoms with E-state index in [0.29, 0.717) is 12.0 Å². The Morgan fingerprint density at radius 2 is 2.00 bits per heavy atom. The van der Waals surface area contributed by atoms with Crippen molar-refractivity contribution in [2.24, 2.45) is 0 Å². The molecule has 2 fully saturated rings. The quantitative estimate of drug-likeness (QED) is 0.918. The lowest BCUT2D eigenvalue weighted by molar-refractivity contribution is 0.328. The van der Waals surface area contributed by atoms with Crippen LogP contribution in [0.4, 0.5) is 5.82 Å². The molecule has 0 bridgehead atoms. The molecule has 1 saturated carbocycles. The third-order valence-electron chi connectivity index (χ3n) is 4.73. The van der Waals surface area contributed by atoms with Crippen LogP contribution in [0, 0.1) is 11.3 Å². The van der Waals surface area contributed by atoms with Crippen LogP contribution in [0.2, 0.25) is 0 Å². The highest BCUT2D eigenvalue weighted by atomic mass is 15.2. The van der Waals surface area contributed by atoms with Crippen molar-refractivity contribution in [2.45, 2.75) is 37.8 Å². The average Bonchev–Trinajstić information content (AvgIpc) is 3.38. The minimum Gasteiger partial charge on any atom is -0.366 e. The van der Waals surface area contributed by atoms with Crippen molar-refractivity contribution in [3.05, 3.63) is 53.5 Å². The summed E-state index contributed by atoms with van der Waals surface area (Å²) < 4.78 is 0. The molecule has 1 aliphatic carbocycles. The molecule has 0 amide bonds. The molecule has 4 rings (SSSR count). The second kappa shape index (κ2) is 6.58. The second-order valence-electron chi connectivity index (χ2n) is 6.75. The third-order valence-corrected chi connectivity index (χ3v) is 4.73. The average molecular weight is 319 g/mol. The fraction of sp³-hybridized carbons (Fsp3) is 0.421. The topological polar surface area (TPSA) is 64.8 Å². The lowest BCUT2D eigenvalue weighted by atomic mass is 10.1. The van der Waals surface area contributed by atoms with E-state index in [-0.39, 0.29) is 0 Å². The first-order valence-corrected chi connectivity index (χ1v) is 8.61. The molecule has 1 atom stereocenters. The van der Waals surface area contributed by atoms with Crippen LogP contribution >= 0.6 is 0 Å². The lowest BCUT2D eigenvalue weighted by Crippen LogP contribution is -2.26. The van der Waals surface area contributed by atoms with Crippen LogP contribution in [-0.2, 0) is 6.54 Å². The molecule has 1 saturated heterocycles. The highest BCUT2D eigenvalue weighted by Gasteiger charge is 2.27. The van der Waals surface area contributed by atoms with Gasteiger partial charge in [0.05, 0.1) is 11.6 Å². The summed E-state index contributed by atoms with van der Waals surface area (Å²) >= 11 is 0. The molecule has 1 aromatic carbocycles. The van der Waals surface area contributed by atoms with Gasteiger partial charge in [0.25, 0.3) is 0 Å². The van der Waals surface area contributed by atoms with E-state index in [1.165, 1.54) is 18.4 Å². The van der Waals surface area contributed by atoms with Crippen LogP contribution in [0.1, 0.15) is 42.1 Å². The van der Waals surface area contributed by atoms with Crippen LogP contribution in [0.25, 0.3) is 0 Å². The minimum absolute atomic E-state index is 0.435. The fourth-order valence-corrected chi connectivity index (χ4v) is 3.24. The van der Waals surface area contributed by atoms with Crippen molar-refractivity contribution < 1.29 is 0 Å². The summed E-state index contributed by atoms with van der Waals surface area (Å²) in [5.41, 5.74) is 1.97. The Balaban J connectivity index is 1.32. The van der Waals surface area contributed by atoms with E-state index in [1.807, 2.05) is 36.5 Å². The zero-order valence-electron chi connectivity index (χ0n) is 13.7. The van der Waals surface area contributed by atoms with Crippen LogP contribution in [0.15, 0.2) is 36.5 Å². The monoisotopic (exact) mass is 319 g/mol. The number of nitrogens with one attached hydrogen (secondary N) is 1. The van der Waals surface area contributed by atoms with Gasteiger partial charge in [-0.3, -0.25) is 4.90 Å². The van der Waals surface area contributed by atoms with Gasteiger partial charge >= 0.3 is 0 Å². The summed E-state index contributed by atoms with van der Waals surface area (Å²) in [6, 6.07) is 12.4. The van der Waals surface area contributed by atoms with Crippen LogP contribution < -0.4 is 5.32 Å². The summed E-state index contributed by atoms with van der Waals surface area (Å²) in [5, 5.41) is 12.4. The molecule has 24 heavy (non-hydrogen) atoms. The number of nitrogens with zero attached hydrogens (tertiary/aromatic N) is 4. The first-order valence-electron chi connectivity index (χ1n) is 8.61. The Morgan fingerprint density at radius 1 is 1.17 bits per heavy atom. The van der Waals surface area contributed by atoms with E-state index in [2.05, 4.69) is 26.3 Å². The van der Waals surface area contributed by atoms with Crippen molar-refractivity contribution in [3.8, 4) is 6.07 Å². The zero-order chi connectivity index (χ0) is 16.4. The standard InChI is InChI=1S/C19H21N5/c20-11-14-1-3-15(4-2-14)12-24-10-8-17(13-24)22-18-7-9-21-19(23-18)16-5-6-16/h1-4,7,9,16-17H,5-6,8,10,12-13H2,(H,21,22,23). The first-order chi connectivity index (χ1) is 11.8. The number of benzene rings is 1. The molecule has 1 N–H and O–H groups in total. The van der Waals surface area contributed by atoms with Gasteiger partial charge < -0.3 is 5.32 Å². The predicted molar refractivity (Wildman–Crippen MR) is 92.5 cm³/mol. The van der Waals surface area contributed by atoms with E-state index in [9.17, 15) is 0 Å². The molecule has 2 heterocycles. The molecule has 2 aromatic rings. The third kappa shape index (κ3) is 3.55. The van der Waals surface area contributed by atoms with Gasteiger partial charge in [0.15, 0.2) is 0 Å². The molecular weight excluding hydrogens is 298 g/mol. The fourth-order valence-electron chi connectivity index (χ4n) is 3.24. The number of hydrogen-bond donors (Lipinski definition) is 1. The molecule has 0 radical (unpaired) electrons. The van der Waals surface area contributed by atoms with Crippen LogP contribution in [0.3, 0.4) is 0 Å². The minimum atomic E-state index is 0.435. The Bertz CT molecular complexity index is 745. The predicted octanol–water partition coefficient (Wildman–Crippen LogP) is 2.91. The zero-order valence-corrected chi connectivity index (χ0v) is 13.7. The lowest BCUT2D eigenvalue weighted by Gasteiger charge is -2.17. The number of nitriles is 1. The van der Waals surface area contributed by atoms with Crippen molar-refractivity contribution in [2.75, 3.05) is 18.4 Å². The molecule has 1 aromatic heterocycles. The maximum absolute atomic E-state index is 8.87. The SMILES string of the molecule is N#Cc1ccc(CN2CCC(Nc3ccnc(C4CC4)n3)C2)cc1. The Labute approximate surface area is 142 Å². The number of hydrogen-bond acceptors (Lipinski definition) is 5. The van der Waals surface area contributed by atoms with Crippen molar-refractivity contribution >= 4 is 5.82 Å². The molecule has 5 heteroatoms. The summed E-state index contributed by atoms with van der Waals surface area (Å²) in [5.74, 6) is 2.53. The first kappa shape index (κ1) is 15.1. The largest absolute Gasteiger partial charge is 0.366 e. The number of anilines is 1. The normalized spacial score (nSPS) is 20.7. The Morgan fingerprint density at radius 3 is 2.75 bits per heavy atom. The summed E-state index contributed by atoms with van der Waals surface area (Å²) in [4.78, 5) is 11.5. The molecule has 1 unspecified atom stereocenters. The summed E-state index contributed by atoms with van der Waals surface area (Å²) in [6.07, 6.45) is 5.45. The molecule has 2 aliphatic rings. The van der Waals surface area contributed by atoms with Gasteiger partial charge in [-0.25, -0.2) is 9.97 Å². The smallest absolute Gasteiger partial charge is 0.133 e. The van der Waals surface area contributed by atoms with E-state index < -0.39 is 0 Å². The molecular formula is C19H21N5. The molecule has 1 aliphatic heterocycles. The molecule has 122 valence electrons. The second-order valence-corrected chi connectivity index (χ2v) is 6.75. The van der Waals surface area contributed by atoms with Crippen molar-refractivity contribution in [1.82, 2.24) is 14.9 Å². The Hall–Kier alpha value is -2.45. The maximum atomic E-state index is 8.87. The number of rotatable bonds is 5. The van der Waals surface area contributed by atoms with Gasteiger partial charge in [-0.05, 0) is 43.0 Å². The van der Waals surface area contributed by atoms with Gasteiger partial charge in [0, 0.05) is 37.8 Å². The van der Waals surface area contributed by atoms with Gasteiger partial charge in [-0.2, -0.15) is 5.26 Å². The van der Waals surface area contributed by atoms with Gasteiger partial charge in [0.1, 0.15) is 11.6 Å². The summed E-state index contributed by atoms with van der Waals surface area (Å²) in [7, 11) is 0. The van der Waals surface area contributed by atoms with Gasteiger partial charge in [-0.15, -0.1) is 0 Å². The van der Waals surface area contributed by atoms with Crippen molar-refractivity contribution in [3.63, 3.8) is 0 Å². The van der Waals surface area contributed by atoms with Crippen LogP contribution in [-0.4, -0.2) is 34.0 Å². The Kier molecular flexibility index (Phi) is 4.14. The molecule has 5 nitrogen and oxygen atoms in total. The highest BCUT2D eigenvalue weighted by molar-refractivity contribution is 5.36. The van der Waals surface area contributed by atoms with Crippen molar-refractivity contribution in [1.29, 1.82) is 5.26 Å². The highest BCUT2D eigenvalue weighted by Crippen LogP contribution is 2.38. The van der Waals surface area contributed by atoms with E-state index in [1.54, 1.807) is 0 Å². The summed E-state index contributed by atoms with van der Waals surface area (Å²) in [6.45, 7) is 3.03. The maximum Gasteiger partial charge on any atom is 0.133 e. The van der Waals surface area contributed by atoms with Gasteiger partial charge in [0.2, 0.25) is 0 Å². The van der Waals surface area contributed by atoms with E-state index in [0.717, 1.165) is 43.3 Å². The van der Waals surface area contributed by atoms with E-state index >= 15 is 0 Å². The van der Waals surface area contributed by atoms with E-state index in [4.69, 9.17) is 5.26 Å². The number of aromatic nitrogens is 2. The van der Waals surface area contributed by atoms with Crippen LogP contribution in [0.5, 0.6) is 0 Å². The van der Waals surface area contributed by atoms with Gasteiger partial charge in [-0.1, -0.05) is 12.1 Å². The molecule has 0 spiro atoms.